The van der Waals surface area contributed by atoms with Crippen molar-refractivity contribution in [2.24, 2.45) is 28.6 Å². The summed E-state index contributed by atoms with van der Waals surface area (Å²) < 4.78 is 0. The molecule has 0 bridgehead atoms. The largest absolute Gasteiger partial charge is 0.312 e. The highest BCUT2D eigenvalue weighted by Crippen LogP contribution is 2.62. The molecular formula is C25H28ClNO3. The van der Waals surface area contributed by atoms with E-state index < -0.39 is 5.41 Å². The van der Waals surface area contributed by atoms with Gasteiger partial charge in [0.25, 0.3) is 0 Å². The summed E-state index contributed by atoms with van der Waals surface area (Å²) >= 11 is 6.02. The topological polar surface area (TPSA) is 54.5 Å². The van der Waals surface area contributed by atoms with Crippen LogP contribution in [0, 0.1) is 28.6 Å². The van der Waals surface area contributed by atoms with Crippen LogP contribution in [0.2, 0.25) is 5.02 Å². The summed E-state index contributed by atoms with van der Waals surface area (Å²) in [6.45, 7) is 4.69. The van der Waals surface area contributed by atoms with Crippen LogP contribution in [-0.2, 0) is 20.9 Å². The predicted octanol–water partition coefficient (Wildman–Crippen LogP) is 4.95. The van der Waals surface area contributed by atoms with E-state index in [1.54, 1.807) is 0 Å². The molecule has 1 saturated heterocycles. The summed E-state index contributed by atoms with van der Waals surface area (Å²) in [7, 11) is 0. The molecule has 5 unspecified atom stereocenters. The number of allylic oxidation sites excluding steroid dienone is 2. The number of piperidine rings is 1. The molecule has 3 fully saturated rings. The first-order valence-electron chi connectivity index (χ1n) is 11.1. The van der Waals surface area contributed by atoms with Gasteiger partial charge >= 0.3 is 0 Å². The lowest BCUT2D eigenvalue weighted by molar-refractivity contribution is -0.152. The van der Waals surface area contributed by atoms with Crippen LogP contribution in [0.1, 0.15) is 57.9 Å². The highest BCUT2D eigenvalue weighted by atomic mass is 35.5. The molecule has 5 rings (SSSR count). The number of carbonyl (C=O) groups is 3. The number of ketones is 2. The third-order valence-corrected chi connectivity index (χ3v) is 8.78. The second-order valence-corrected chi connectivity index (χ2v) is 10.6. The maximum absolute atomic E-state index is 13.5. The molecule has 3 aliphatic carbocycles. The Hall–Kier alpha value is -1.94. The van der Waals surface area contributed by atoms with E-state index in [4.69, 9.17) is 11.6 Å². The number of nitrogens with zero attached hydrogens (tertiary/aromatic N) is 1. The van der Waals surface area contributed by atoms with E-state index in [0.29, 0.717) is 37.3 Å². The number of likely N-dealkylation sites (tertiary alicyclic amines) is 1. The van der Waals surface area contributed by atoms with Gasteiger partial charge in [-0.2, -0.15) is 0 Å². The van der Waals surface area contributed by atoms with Gasteiger partial charge in [-0.1, -0.05) is 43.7 Å². The van der Waals surface area contributed by atoms with E-state index in [9.17, 15) is 14.4 Å². The van der Waals surface area contributed by atoms with Gasteiger partial charge in [-0.15, -0.1) is 0 Å². The Kier molecular flexibility index (Phi) is 4.52. The van der Waals surface area contributed by atoms with Crippen molar-refractivity contribution in [2.75, 3.05) is 0 Å². The number of amides is 1. The Bertz CT molecular complexity index is 967. The molecule has 158 valence electrons. The van der Waals surface area contributed by atoms with E-state index in [2.05, 4.69) is 13.0 Å². The molecule has 1 amide bonds. The quantitative estimate of drug-likeness (QED) is 0.673. The van der Waals surface area contributed by atoms with E-state index in [1.807, 2.05) is 36.1 Å². The summed E-state index contributed by atoms with van der Waals surface area (Å²) in [5.74, 6) is 1.01. The van der Waals surface area contributed by atoms with Gasteiger partial charge in [-0.05, 0) is 48.8 Å². The van der Waals surface area contributed by atoms with Gasteiger partial charge < -0.3 is 4.90 Å². The monoisotopic (exact) mass is 425 g/mol. The molecule has 4 aliphatic rings. The molecule has 1 aromatic carbocycles. The van der Waals surface area contributed by atoms with Crippen molar-refractivity contribution < 1.29 is 14.4 Å². The molecule has 0 N–H and O–H groups in total. The minimum Gasteiger partial charge on any atom is -0.312 e. The maximum atomic E-state index is 13.5. The van der Waals surface area contributed by atoms with Crippen molar-refractivity contribution in [2.45, 2.75) is 58.9 Å². The molecule has 1 aliphatic heterocycles. The number of hydrogen-bond donors (Lipinski definition) is 0. The van der Waals surface area contributed by atoms with Gasteiger partial charge in [0.05, 0.1) is 6.54 Å². The third kappa shape index (κ3) is 2.76. The SMILES string of the molecule is CC12CC(=O)C3C(CC=C4N(Cc5ccc(Cl)cc5)C(=O)CCC43C)C1CCC2=O. The van der Waals surface area contributed by atoms with Gasteiger partial charge in [0.1, 0.15) is 11.6 Å². The van der Waals surface area contributed by atoms with Gasteiger partial charge in [-0.25, -0.2) is 0 Å². The van der Waals surface area contributed by atoms with Crippen molar-refractivity contribution >= 4 is 29.1 Å². The standard InChI is InChI=1S/C25H28ClNO3/c1-24-12-11-22(30)27(14-15-3-5-16(26)6-4-15)20(24)9-7-17-18-8-10-21(29)25(18,2)13-19(28)23(17)24/h3-6,9,17-18,23H,7-8,10-14H2,1-2H3. The Morgan fingerprint density at radius 3 is 2.53 bits per heavy atom. The molecule has 5 atom stereocenters. The molecular weight excluding hydrogens is 398 g/mol. The Labute approximate surface area is 182 Å². The minimum absolute atomic E-state index is 0.0951. The predicted molar refractivity (Wildman–Crippen MR) is 114 cm³/mol. The fourth-order valence-electron chi connectivity index (χ4n) is 7.01. The number of carbonyl (C=O) groups excluding carboxylic acids is 3. The van der Waals surface area contributed by atoms with Crippen LogP contribution in [0.25, 0.3) is 0 Å². The first-order chi connectivity index (χ1) is 14.2. The molecule has 0 spiro atoms. The average Bonchev–Trinajstić information content (AvgIpc) is 3.00. The molecule has 1 aromatic rings. The van der Waals surface area contributed by atoms with Crippen molar-refractivity contribution in [3.63, 3.8) is 0 Å². The smallest absolute Gasteiger partial charge is 0.227 e. The number of hydrogen-bond acceptors (Lipinski definition) is 3. The molecule has 30 heavy (non-hydrogen) atoms. The fourth-order valence-corrected chi connectivity index (χ4v) is 7.13. The molecule has 0 aromatic heterocycles. The van der Waals surface area contributed by atoms with Gasteiger partial charge in [0, 0.05) is 46.7 Å². The zero-order valence-corrected chi connectivity index (χ0v) is 18.4. The van der Waals surface area contributed by atoms with Crippen LogP contribution < -0.4 is 0 Å². The van der Waals surface area contributed by atoms with Gasteiger partial charge in [0.2, 0.25) is 5.91 Å². The third-order valence-electron chi connectivity index (χ3n) is 8.53. The summed E-state index contributed by atoms with van der Waals surface area (Å²) in [5.41, 5.74) is 1.22. The fraction of sp³-hybridized carbons (Fsp3) is 0.560. The Morgan fingerprint density at radius 2 is 1.80 bits per heavy atom. The van der Waals surface area contributed by atoms with Gasteiger partial charge in [-0.3, -0.25) is 14.4 Å². The van der Waals surface area contributed by atoms with Crippen LogP contribution in [-0.4, -0.2) is 22.4 Å². The van der Waals surface area contributed by atoms with Crippen LogP contribution in [0.5, 0.6) is 0 Å². The second-order valence-electron chi connectivity index (χ2n) is 10.1. The van der Waals surface area contributed by atoms with Crippen molar-refractivity contribution in [3.05, 3.63) is 46.6 Å². The van der Waals surface area contributed by atoms with Crippen LogP contribution >= 0.6 is 11.6 Å². The lowest BCUT2D eigenvalue weighted by Gasteiger charge is -2.56. The van der Waals surface area contributed by atoms with Crippen LogP contribution in [0.3, 0.4) is 0 Å². The molecule has 2 saturated carbocycles. The number of halogens is 1. The van der Waals surface area contributed by atoms with E-state index >= 15 is 0 Å². The maximum Gasteiger partial charge on any atom is 0.227 e. The number of fused-ring (bicyclic) bond motifs is 5. The summed E-state index contributed by atoms with van der Waals surface area (Å²) in [6, 6.07) is 7.60. The van der Waals surface area contributed by atoms with E-state index in [1.165, 1.54) is 0 Å². The normalized spacial score (nSPS) is 38.1. The molecule has 5 heteroatoms. The average molecular weight is 426 g/mol. The summed E-state index contributed by atoms with van der Waals surface area (Å²) in [5, 5.41) is 0.676. The highest BCUT2D eigenvalue weighted by molar-refractivity contribution is 6.30. The minimum atomic E-state index is -0.479. The summed E-state index contributed by atoms with van der Waals surface area (Å²) in [4.78, 5) is 40.9. The first kappa shape index (κ1) is 20.0. The number of rotatable bonds is 2. The highest BCUT2D eigenvalue weighted by Gasteiger charge is 2.62. The van der Waals surface area contributed by atoms with Crippen molar-refractivity contribution in [1.29, 1.82) is 0 Å². The van der Waals surface area contributed by atoms with Crippen molar-refractivity contribution in [1.82, 2.24) is 4.90 Å². The zero-order chi connectivity index (χ0) is 21.3. The Balaban J connectivity index is 1.52. The van der Waals surface area contributed by atoms with Crippen LogP contribution in [0.4, 0.5) is 0 Å². The van der Waals surface area contributed by atoms with Crippen molar-refractivity contribution in [3.8, 4) is 0 Å². The zero-order valence-electron chi connectivity index (χ0n) is 17.6. The molecule has 4 nitrogen and oxygen atoms in total. The molecule has 0 radical (unpaired) electrons. The lowest BCUT2D eigenvalue weighted by atomic mass is 9.49. The number of benzene rings is 1. The lowest BCUT2D eigenvalue weighted by Crippen LogP contribution is -2.57. The second kappa shape index (κ2) is 6.78. The number of Topliss-reactive ketones (excluding diaryl/α,β-unsaturated/α-hetero) is 2. The van der Waals surface area contributed by atoms with Crippen LogP contribution in [0.15, 0.2) is 36.0 Å². The Morgan fingerprint density at radius 1 is 1.07 bits per heavy atom. The first-order valence-corrected chi connectivity index (χ1v) is 11.4. The van der Waals surface area contributed by atoms with E-state index in [0.717, 1.165) is 24.1 Å². The van der Waals surface area contributed by atoms with Gasteiger partial charge in [0.15, 0.2) is 0 Å². The van der Waals surface area contributed by atoms with E-state index in [-0.39, 0.29) is 40.6 Å². The molecule has 1 heterocycles. The summed E-state index contributed by atoms with van der Waals surface area (Å²) in [6.07, 6.45) is 6.02.